The summed E-state index contributed by atoms with van der Waals surface area (Å²) < 4.78 is 0. The Morgan fingerprint density at radius 2 is 1.82 bits per heavy atom. The maximum absolute atomic E-state index is 4.99. The number of aliphatic imine (C=N–C) groups is 1. The number of anilines is 1. The summed E-state index contributed by atoms with van der Waals surface area (Å²) in [6, 6.07) is 17.2. The van der Waals surface area contributed by atoms with E-state index in [1.165, 1.54) is 22.6 Å². The molecule has 22 heavy (non-hydrogen) atoms. The molecule has 3 nitrogen and oxygen atoms in total. The van der Waals surface area contributed by atoms with Gasteiger partial charge in [0.15, 0.2) is 0 Å². The summed E-state index contributed by atoms with van der Waals surface area (Å²) in [5.74, 6) is 1.65. The van der Waals surface area contributed by atoms with Crippen molar-refractivity contribution in [2.45, 2.75) is 18.9 Å². The summed E-state index contributed by atoms with van der Waals surface area (Å²) in [5.41, 5.74) is 5.18. The minimum Gasteiger partial charge on any atom is -0.377 e. The molecule has 3 heteroatoms. The highest BCUT2D eigenvalue weighted by Crippen LogP contribution is 2.39. The highest BCUT2D eigenvalue weighted by atomic mass is 15.2. The van der Waals surface area contributed by atoms with E-state index in [0.717, 1.165) is 25.2 Å². The van der Waals surface area contributed by atoms with E-state index in [9.17, 15) is 0 Å². The maximum Gasteiger partial charge on any atom is 0.113 e. The summed E-state index contributed by atoms with van der Waals surface area (Å²) >= 11 is 0. The smallest absolute Gasteiger partial charge is 0.113 e. The molecule has 0 N–H and O–H groups in total. The van der Waals surface area contributed by atoms with Crippen molar-refractivity contribution in [3.8, 4) is 0 Å². The third kappa shape index (κ3) is 2.08. The third-order valence-electron chi connectivity index (χ3n) is 4.71. The van der Waals surface area contributed by atoms with Crippen molar-refractivity contribution in [2.24, 2.45) is 4.99 Å². The van der Waals surface area contributed by atoms with Gasteiger partial charge in [-0.1, -0.05) is 36.4 Å². The molecular formula is C19H21N3. The van der Waals surface area contributed by atoms with Gasteiger partial charge in [-0.25, -0.2) is 4.99 Å². The van der Waals surface area contributed by atoms with E-state index in [0.29, 0.717) is 5.92 Å². The second kappa shape index (κ2) is 5.16. The number of amidine groups is 1. The maximum atomic E-state index is 4.99. The van der Waals surface area contributed by atoms with Crippen LogP contribution in [0.5, 0.6) is 0 Å². The molecule has 0 radical (unpaired) electrons. The van der Waals surface area contributed by atoms with Crippen molar-refractivity contribution < 1.29 is 0 Å². The molecule has 0 amide bonds. The van der Waals surface area contributed by atoms with E-state index < -0.39 is 0 Å². The van der Waals surface area contributed by atoms with Gasteiger partial charge in [0, 0.05) is 38.8 Å². The van der Waals surface area contributed by atoms with Gasteiger partial charge < -0.3 is 9.80 Å². The first kappa shape index (κ1) is 13.4. The molecule has 1 saturated heterocycles. The van der Waals surface area contributed by atoms with E-state index in [2.05, 4.69) is 72.4 Å². The fourth-order valence-electron chi connectivity index (χ4n) is 3.62. The van der Waals surface area contributed by atoms with Crippen molar-refractivity contribution >= 4 is 17.2 Å². The minimum atomic E-state index is 0.409. The lowest BCUT2D eigenvalue weighted by Gasteiger charge is -2.28. The quantitative estimate of drug-likeness (QED) is 0.838. The molecule has 1 atom stereocenters. The van der Waals surface area contributed by atoms with Gasteiger partial charge in [-0.15, -0.1) is 0 Å². The van der Waals surface area contributed by atoms with Crippen LogP contribution >= 0.6 is 0 Å². The van der Waals surface area contributed by atoms with E-state index in [-0.39, 0.29) is 0 Å². The fourth-order valence-corrected chi connectivity index (χ4v) is 3.62. The number of rotatable bonds is 2. The topological polar surface area (TPSA) is 18.8 Å². The van der Waals surface area contributed by atoms with Gasteiger partial charge in [-0.2, -0.15) is 0 Å². The van der Waals surface area contributed by atoms with Crippen LogP contribution in [-0.2, 0) is 6.54 Å². The summed E-state index contributed by atoms with van der Waals surface area (Å²) in [6.45, 7) is 2.09. The third-order valence-corrected chi connectivity index (χ3v) is 4.71. The van der Waals surface area contributed by atoms with E-state index in [4.69, 9.17) is 4.99 Å². The van der Waals surface area contributed by atoms with Gasteiger partial charge in [0.1, 0.15) is 5.84 Å². The van der Waals surface area contributed by atoms with Gasteiger partial charge in [-0.05, 0) is 29.7 Å². The fraction of sp³-hybridized carbons (Fsp3) is 0.316. The first-order valence-corrected chi connectivity index (χ1v) is 7.92. The normalized spacial score (nSPS) is 19.5. The van der Waals surface area contributed by atoms with Crippen molar-refractivity contribution in [3.63, 3.8) is 0 Å². The summed E-state index contributed by atoms with van der Waals surface area (Å²) in [6.07, 6.45) is 1.15. The minimum absolute atomic E-state index is 0.409. The molecule has 112 valence electrons. The molecule has 2 heterocycles. The zero-order valence-corrected chi connectivity index (χ0v) is 13.2. The zero-order chi connectivity index (χ0) is 15.1. The van der Waals surface area contributed by atoms with Crippen LogP contribution in [0.25, 0.3) is 0 Å². The molecule has 2 aromatic carbocycles. The number of fused-ring (bicyclic) bond motifs is 2. The molecule has 0 bridgehead atoms. The van der Waals surface area contributed by atoms with Gasteiger partial charge in [0.2, 0.25) is 0 Å². The van der Waals surface area contributed by atoms with Crippen LogP contribution in [0, 0.1) is 0 Å². The van der Waals surface area contributed by atoms with Crippen LogP contribution in [0.1, 0.15) is 23.5 Å². The van der Waals surface area contributed by atoms with Crippen LogP contribution in [-0.4, -0.2) is 31.4 Å². The monoisotopic (exact) mass is 291 g/mol. The molecule has 2 aliphatic heterocycles. The standard InChI is InChI=1S/C19H21N3/c1-21(2)18-10-6-4-8-15(18)16-11-12-22-13-14-7-3-5-9-17(14)20-19(16)22/h3-10,16H,11-13H2,1-2H3/t16-/m1/s1. The van der Waals surface area contributed by atoms with Gasteiger partial charge in [-0.3, -0.25) is 0 Å². The Bertz CT molecular complexity index is 733. The van der Waals surface area contributed by atoms with Gasteiger partial charge in [0.25, 0.3) is 0 Å². The van der Waals surface area contributed by atoms with E-state index >= 15 is 0 Å². The predicted octanol–water partition coefficient (Wildman–Crippen LogP) is 3.79. The Labute approximate surface area is 131 Å². The molecule has 0 saturated carbocycles. The average molecular weight is 291 g/mol. The molecule has 0 unspecified atom stereocenters. The van der Waals surface area contributed by atoms with Crippen molar-refractivity contribution in [1.29, 1.82) is 0 Å². The summed E-state index contributed by atoms with van der Waals surface area (Å²) in [5, 5.41) is 0. The first-order valence-electron chi connectivity index (χ1n) is 7.92. The molecule has 0 aliphatic carbocycles. The van der Waals surface area contributed by atoms with Gasteiger partial charge in [0.05, 0.1) is 5.69 Å². The number of para-hydroxylation sites is 2. The van der Waals surface area contributed by atoms with Crippen LogP contribution in [0.4, 0.5) is 11.4 Å². The predicted molar refractivity (Wildman–Crippen MR) is 92.1 cm³/mol. The average Bonchev–Trinajstić information content (AvgIpc) is 2.95. The Morgan fingerprint density at radius 3 is 2.68 bits per heavy atom. The lowest BCUT2D eigenvalue weighted by Crippen LogP contribution is -2.29. The van der Waals surface area contributed by atoms with E-state index in [1.54, 1.807) is 0 Å². The number of nitrogens with zero attached hydrogens (tertiary/aromatic N) is 3. The Kier molecular flexibility index (Phi) is 3.14. The van der Waals surface area contributed by atoms with Crippen LogP contribution < -0.4 is 4.90 Å². The molecular weight excluding hydrogens is 270 g/mol. The highest BCUT2D eigenvalue weighted by molar-refractivity contribution is 5.95. The molecule has 2 aliphatic rings. The van der Waals surface area contributed by atoms with Crippen LogP contribution in [0.3, 0.4) is 0 Å². The van der Waals surface area contributed by atoms with Crippen molar-refractivity contribution in [1.82, 2.24) is 4.90 Å². The lowest BCUT2D eigenvalue weighted by atomic mass is 9.94. The SMILES string of the molecule is CN(C)c1ccccc1[C@H]1CCN2Cc3ccccc3N=C12. The van der Waals surface area contributed by atoms with Crippen LogP contribution in [0.15, 0.2) is 53.5 Å². The molecule has 0 aromatic heterocycles. The highest BCUT2D eigenvalue weighted by Gasteiger charge is 2.34. The summed E-state index contributed by atoms with van der Waals surface area (Å²) in [4.78, 5) is 9.64. The lowest BCUT2D eigenvalue weighted by molar-refractivity contribution is 0.443. The molecule has 1 fully saturated rings. The Hall–Kier alpha value is -2.29. The van der Waals surface area contributed by atoms with E-state index in [1.807, 2.05) is 0 Å². The van der Waals surface area contributed by atoms with Gasteiger partial charge >= 0.3 is 0 Å². The Balaban J connectivity index is 1.78. The number of hydrogen-bond acceptors (Lipinski definition) is 3. The first-order chi connectivity index (χ1) is 10.7. The van der Waals surface area contributed by atoms with Crippen molar-refractivity contribution in [3.05, 3.63) is 59.7 Å². The second-order valence-electron chi connectivity index (χ2n) is 6.31. The molecule has 0 spiro atoms. The zero-order valence-electron chi connectivity index (χ0n) is 13.2. The number of hydrogen-bond donors (Lipinski definition) is 0. The Morgan fingerprint density at radius 1 is 1.05 bits per heavy atom. The molecule has 2 aromatic rings. The number of benzene rings is 2. The van der Waals surface area contributed by atoms with Crippen LogP contribution in [0.2, 0.25) is 0 Å². The largest absolute Gasteiger partial charge is 0.377 e. The molecule has 4 rings (SSSR count). The van der Waals surface area contributed by atoms with Crippen molar-refractivity contribution in [2.75, 3.05) is 25.5 Å². The summed E-state index contributed by atoms with van der Waals surface area (Å²) in [7, 11) is 4.23. The second-order valence-corrected chi connectivity index (χ2v) is 6.31.